The first-order chi connectivity index (χ1) is 12.1. The van der Waals surface area contributed by atoms with E-state index in [2.05, 4.69) is 32.6 Å². The van der Waals surface area contributed by atoms with Gasteiger partial charge in [0.05, 0.1) is 16.8 Å². The highest BCUT2D eigenvalue weighted by Crippen LogP contribution is 2.33. The monoisotopic (exact) mass is 350 g/mol. The van der Waals surface area contributed by atoms with Crippen molar-refractivity contribution in [2.75, 3.05) is 4.90 Å². The number of rotatable bonds is 6. The third-order valence-electron chi connectivity index (χ3n) is 4.09. The van der Waals surface area contributed by atoms with Gasteiger partial charge in [0, 0.05) is 6.42 Å². The molecule has 0 saturated carbocycles. The SMILES string of the molecule is C=CCCC(=O)N(Cc1ccccc1)c1nc2cc(C)cc(C)c2s1. The van der Waals surface area contributed by atoms with Crippen LogP contribution >= 0.6 is 11.3 Å². The van der Waals surface area contributed by atoms with E-state index in [0.29, 0.717) is 19.4 Å². The summed E-state index contributed by atoms with van der Waals surface area (Å²) in [6.45, 7) is 8.42. The van der Waals surface area contributed by atoms with E-state index < -0.39 is 0 Å². The van der Waals surface area contributed by atoms with Gasteiger partial charge >= 0.3 is 0 Å². The number of hydrogen-bond acceptors (Lipinski definition) is 3. The second-order valence-corrected chi connectivity index (χ2v) is 7.20. The van der Waals surface area contributed by atoms with E-state index in [1.54, 1.807) is 22.3 Å². The molecule has 3 rings (SSSR count). The molecule has 0 atom stereocenters. The smallest absolute Gasteiger partial charge is 0.229 e. The van der Waals surface area contributed by atoms with Crippen LogP contribution in [-0.4, -0.2) is 10.9 Å². The van der Waals surface area contributed by atoms with Crippen LogP contribution in [0.2, 0.25) is 0 Å². The van der Waals surface area contributed by atoms with Crippen LogP contribution in [-0.2, 0) is 11.3 Å². The number of allylic oxidation sites excluding steroid dienone is 1. The van der Waals surface area contributed by atoms with Gasteiger partial charge in [-0.2, -0.15) is 0 Å². The molecule has 1 heterocycles. The lowest BCUT2D eigenvalue weighted by Gasteiger charge is -2.19. The average Bonchev–Trinajstić information content (AvgIpc) is 3.02. The van der Waals surface area contributed by atoms with Crippen molar-refractivity contribution < 1.29 is 4.79 Å². The van der Waals surface area contributed by atoms with Gasteiger partial charge in [-0.15, -0.1) is 6.58 Å². The standard InChI is InChI=1S/C21H22N2OS/c1-4-5-11-19(24)23(14-17-9-7-6-8-10-17)21-22-18-13-15(2)12-16(3)20(18)25-21/h4,6-10,12-13H,1,5,11,14H2,2-3H3. The second kappa shape index (κ2) is 7.62. The van der Waals surface area contributed by atoms with Gasteiger partial charge in [-0.1, -0.05) is 53.8 Å². The van der Waals surface area contributed by atoms with Gasteiger partial charge in [0.2, 0.25) is 5.91 Å². The van der Waals surface area contributed by atoms with Gasteiger partial charge < -0.3 is 0 Å². The molecule has 1 aromatic heterocycles. The summed E-state index contributed by atoms with van der Waals surface area (Å²) in [4.78, 5) is 19.3. The highest BCUT2D eigenvalue weighted by Gasteiger charge is 2.20. The zero-order chi connectivity index (χ0) is 17.8. The van der Waals surface area contributed by atoms with Crippen LogP contribution in [0.3, 0.4) is 0 Å². The summed E-state index contributed by atoms with van der Waals surface area (Å²) >= 11 is 1.59. The molecule has 0 N–H and O–H groups in total. The van der Waals surface area contributed by atoms with Crippen molar-refractivity contribution in [3.8, 4) is 0 Å². The molecule has 128 valence electrons. The van der Waals surface area contributed by atoms with Gasteiger partial charge in [0.25, 0.3) is 0 Å². The fourth-order valence-electron chi connectivity index (χ4n) is 2.87. The normalized spacial score (nSPS) is 10.8. The fourth-order valence-corrected chi connectivity index (χ4v) is 3.90. The number of aryl methyl sites for hydroxylation is 2. The molecule has 2 aromatic carbocycles. The van der Waals surface area contributed by atoms with Crippen molar-refractivity contribution in [1.82, 2.24) is 4.98 Å². The molecule has 1 amide bonds. The van der Waals surface area contributed by atoms with Crippen LogP contribution in [0.5, 0.6) is 0 Å². The number of fused-ring (bicyclic) bond motifs is 1. The molecule has 0 aliphatic rings. The van der Waals surface area contributed by atoms with E-state index in [0.717, 1.165) is 20.9 Å². The molecule has 0 bridgehead atoms. The summed E-state index contributed by atoms with van der Waals surface area (Å²) in [5.74, 6) is 0.0807. The molecule has 0 spiro atoms. The van der Waals surface area contributed by atoms with Gasteiger partial charge in [-0.3, -0.25) is 9.69 Å². The quantitative estimate of drug-likeness (QED) is 0.557. The number of benzene rings is 2. The number of aromatic nitrogens is 1. The topological polar surface area (TPSA) is 33.2 Å². The molecule has 3 nitrogen and oxygen atoms in total. The molecular weight excluding hydrogens is 328 g/mol. The van der Waals surface area contributed by atoms with E-state index in [-0.39, 0.29) is 5.91 Å². The Hall–Kier alpha value is -2.46. The minimum Gasteiger partial charge on any atom is -0.284 e. The summed E-state index contributed by atoms with van der Waals surface area (Å²) in [5, 5.41) is 0.765. The molecule has 4 heteroatoms. The summed E-state index contributed by atoms with van der Waals surface area (Å²) < 4.78 is 1.15. The number of carbonyl (C=O) groups excluding carboxylic acids is 1. The highest BCUT2D eigenvalue weighted by atomic mass is 32.1. The minimum atomic E-state index is 0.0807. The predicted molar refractivity (Wildman–Crippen MR) is 106 cm³/mol. The Morgan fingerprint density at radius 1 is 1.24 bits per heavy atom. The molecule has 0 saturated heterocycles. The molecule has 0 aliphatic heterocycles. The largest absolute Gasteiger partial charge is 0.284 e. The Morgan fingerprint density at radius 3 is 2.72 bits per heavy atom. The lowest BCUT2D eigenvalue weighted by Crippen LogP contribution is -2.29. The summed E-state index contributed by atoms with van der Waals surface area (Å²) in [6, 6.07) is 14.3. The Labute approximate surface area is 152 Å². The first-order valence-electron chi connectivity index (χ1n) is 8.41. The van der Waals surface area contributed by atoms with E-state index in [1.807, 2.05) is 30.3 Å². The van der Waals surface area contributed by atoms with Crippen LogP contribution in [0.15, 0.2) is 55.1 Å². The van der Waals surface area contributed by atoms with Crippen LogP contribution in [0, 0.1) is 13.8 Å². The number of nitrogens with zero attached hydrogens (tertiary/aromatic N) is 2. The maximum absolute atomic E-state index is 12.8. The van der Waals surface area contributed by atoms with E-state index in [9.17, 15) is 4.79 Å². The molecule has 3 aromatic rings. The first kappa shape index (κ1) is 17.4. The zero-order valence-corrected chi connectivity index (χ0v) is 15.5. The Balaban J connectivity index is 1.99. The summed E-state index contributed by atoms with van der Waals surface area (Å²) in [7, 11) is 0. The maximum Gasteiger partial charge on any atom is 0.229 e. The van der Waals surface area contributed by atoms with Crippen LogP contribution < -0.4 is 4.90 Å². The Bertz CT molecular complexity index is 899. The van der Waals surface area contributed by atoms with Gasteiger partial charge in [-0.05, 0) is 43.0 Å². The molecule has 0 aliphatic carbocycles. The van der Waals surface area contributed by atoms with Gasteiger partial charge in [0.15, 0.2) is 5.13 Å². The van der Waals surface area contributed by atoms with Gasteiger partial charge in [-0.25, -0.2) is 4.98 Å². The summed E-state index contributed by atoms with van der Waals surface area (Å²) in [5.41, 5.74) is 4.46. The Kier molecular flexibility index (Phi) is 5.29. The molecular formula is C21H22N2OS. The van der Waals surface area contributed by atoms with Crippen molar-refractivity contribution in [1.29, 1.82) is 0 Å². The van der Waals surface area contributed by atoms with Crippen LogP contribution in [0.4, 0.5) is 5.13 Å². The second-order valence-electron chi connectivity index (χ2n) is 6.22. The predicted octanol–water partition coefficient (Wildman–Crippen LogP) is 5.41. The number of amides is 1. The van der Waals surface area contributed by atoms with E-state index >= 15 is 0 Å². The summed E-state index contributed by atoms with van der Waals surface area (Å²) in [6.07, 6.45) is 2.90. The maximum atomic E-state index is 12.8. The molecule has 0 unspecified atom stereocenters. The van der Waals surface area contributed by atoms with E-state index in [1.165, 1.54) is 11.1 Å². The fraction of sp³-hybridized carbons (Fsp3) is 0.238. The van der Waals surface area contributed by atoms with Crippen molar-refractivity contribution in [3.05, 3.63) is 71.8 Å². The minimum absolute atomic E-state index is 0.0807. The highest BCUT2D eigenvalue weighted by molar-refractivity contribution is 7.22. The molecule has 0 fully saturated rings. The van der Waals surface area contributed by atoms with Crippen molar-refractivity contribution in [2.45, 2.75) is 33.2 Å². The zero-order valence-electron chi connectivity index (χ0n) is 14.7. The van der Waals surface area contributed by atoms with Crippen LogP contribution in [0.1, 0.15) is 29.5 Å². The number of carbonyl (C=O) groups is 1. The van der Waals surface area contributed by atoms with Gasteiger partial charge in [0.1, 0.15) is 0 Å². The molecule has 25 heavy (non-hydrogen) atoms. The van der Waals surface area contributed by atoms with Crippen molar-refractivity contribution in [2.24, 2.45) is 0 Å². The third kappa shape index (κ3) is 3.97. The third-order valence-corrected chi connectivity index (χ3v) is 5.32. The van der Waals surface area contributed by atoms with E-state index in [4.69, 9.17) is 4.98 Å². The number of anilines is 1. The number of thiazole rings is 1. The lowest BCUT2D eigenvalue weighted by molar-refractivity contribution is -0.118. The van der Waals surface area contributed by atoms with Crippen molar-refractivity contribution >= 4 is 32.6 Å². The Morgan fingerprint density at radius 2 is 2.00 bits per heavy atom. The molecule has 0 radical (unpaired) electrons. The van der Waals surface area contributed by atoms with Crippen molar-refractivity contribution in [3.63, 3.8) is 0 Å². The number of hydrogen-bond donors (Lipinski definition) is 0. The lowest BCUT2D eigenvalue weighted by atomic mass is 10.1. The average molecular weight is 350 g/mol. The first-order valence-corrected chi connectivity index (χ1v) is 9.23. The van der Waals surface area contributed by atoms with Crippen LogP contribution in [0.25, 0.3) is 10.2 Å².